The molecule has 0 amide bonds. The van der Waals surface area contributed by atoms with Crippen LogP contribution in [-0.4, -0.2) is 43.5 Å². The Morgan fingerprint density at radius 3 is 0.435 bits per heavy atom. The zero-order valence-electron chi connectivity index (χ0n) is 10.2. The average Bonchev–Trinajstić information content (AvgIpc) is 2.69. The molecular formula is C10Cl2O10Re. The molecule has 0 aliphatic rings. The first-order chi connectivity index (χ1) is 9.69. The molecule has 0 saturated carbocycles. The molecule has 13 heteroatoms. The molecule has 121 valence electrons. The average molecular weight is 537 g/mol. The molecule has 10 nitrogen and oxygen atoms in total. The summed E-state index contributed by atoms with van der Waals surface area (Å²) in [4.78, 5) is 118. The molecule has 0 unspecified atom stereocenters. The molecule has 0 aromatic carbocycles. The molecule has 0 aliphatic carbocycles. The van der Waals surface area contributed by atoms with Crippen LogP contribution in [0.2, 0.25) is 0 Å². The van der Waals surface area contributed by atoms with Gasteiger partial charge in [0.15, 0.2) is 0 Å². The molecule has 0 atom stereocenters. The van der Waals surface area contributed by atoms with Crippen molar-refractivity contribution in [2.24, 2.45) is 0 Å². The predicted octanol–water partition coefficient (Wildman–Crippen LogP) is -2.59. The molecule has 0 N–H and O–H groups in total. The summed E-state index contributed by atoms with van der Waals surface area (Å²) in [6, 6.07) is 0. The van der Waals surface area contributed by atoms with Gasteiger partial charge in [-0.15, -0.1) is 0 Å². The minimum absolute atomic E-state index is 0.926. The Kier molecular flexibility index (Phi) is 1.01. The van der Waals surface area contributed by atoms with E-state index in [1.165, 1.54) is 0 Å². The van der Waals surface area contributed by atoms with Crippen molar-refractivity contribution in [1.82, 2.24) is 0 Å². The summed E-state index contributed by atoms with van der Waals surface area (Å²) in [5, 5.41) is 0. The quantitative estimate of drug-likeness (QED) is 0.319. The van der Waals surface area contributed by atoms with E-state index < -0.39 is 42.7 Å². The number of carbonyl (C=O) groups excluding carboxylic acids is 10. The normalized spacial score (nSPS) is 27.9. The van der Waals surface area contributed by atoms with E-state index in [0.717, 1.165) is 0 Å². The predicted molar refractivity (Wildman–Crippen MR) is 68.6 cm³/mol. The van der Waals surface area contributed by atoms with E-state index in [0.29, 0.717) is 0 Å². The fourth-order valence-electron chi connectivity index (χ4n) is 0.709. The van der Waals surface area contributed by atoms with Crippen LogP contribution in [0.25, 0.3) is 0 Å². The van der Waals surface area contributed by atoms with Gasteiger partial charge in [-0.1, -0.05) is 0 Å². The molecule has 23 heavy (non-hydrogen) atoms. The van der Waals surface area contributed by atoms with Crippen LogP contribution >= 0.6 is 19.1 Å². The third-order valence-corrected chi connectivity index (χ3v) is 42.7. The van der Waals surface area contributed by atoms with E-state index >= 15 is 0 Å². The van der Waals surface area contributed by atoms with Crippen LogP contribution in [-0.2, 0) is 47.1 Å². The van der Waals surface area contributed by atoms with Crippen molar-refractivity contribution >= 4 is 62.6 Å². The molecule has 0 aliphatic heterocycles. The SMILES string of the molecule is O=[C]=[Re]([Cl])([Cl])(=[C]=O)(=[C]=O)(=[C]=O)(=[C]=O)(=[C]=O)(=[C]=O)(=[C]=O)(=[C]=O)=[C]=O. The molecule has 0 radical (unpaired) electrons. The Morgan fingerprint density at radius 2 is 0.435 bits per heavy atom. The molecule has 0 aromatic heterocycles. The maximum atomic E-state index is 11.8. The third-order valence-electron chi connectivity index (χ3n) is 4.06. The zero-order chi connectivity index (χ0) is 19.4. The second-order valence-corrected chi connectivity index (χ2v) is 80.2. The summed E-state index contributed by atoms with van der Waals surface area (Å²) < 4.78 is -24.6. The van der Waals surface area contributed by atoms with Gasteiger partial charge < -0.3 is 0 Å². The summed E-state index contributed by atoms with van der Waals surface area (Å²) in [5.74, 6) is 0. The second-order valence-electron chi connectivity index (χ2n) is 6.51. The van der Waals surface area contributed by atoms with Gasteiger partial charge in [0.1, 0.15) is 0 Å². The summed E-state index contributed by atoms with van der Waals surface area (Å²) in [6.45, 7) is 0. The Balaban J connectivity index is 19.1. The molecule has 0 spiro atoms. The van der Waals surface area contributed by atoms with Crippen molar-refractivity contribution < 1.29 is 47.1 Å². The fourth-order valence-corrected chi connectivity index (χ4v) is 5.80. The molecule has 0 rings (SSSR count). The third kappa shape index (κ3) is 0.483. The van der Waals surface area contributed by atoms with E-state index in [4.69, 9.17) is 19.1 Å². The van der Waals surface area contributed by atoms with Crippen molar-refractivity contribution in [3.8, 4) is 0 Å². The Hall–Kier alpha value is -2.96. The van der Waals surface area contributed by atoms with Gasteiger partial charge in [0.05, 0.1) is 0 Å². The number of rotatable bonds is 0. The van der Waals surface area contributed by atoms with Crippen molar-refractivity contribution in [3.63, 3.8) is 0 Å². The van der Waals surface area contributed by atoms with Crippen LogP contribution in [0.3, 0.4) is 0 Å². The van der Waals surface area contributed by atoms with Crippen LogP contribution < -0.4 is 0 Å². The van der Waals surface area contributed by atoms with Crippen LogP contribution in [0.15, 0.2) is 0 Å². The van der Waals surface area contributed by atoms with E-state index in [1.807, 2.05) is 0 Å². The number of hydrogen-bond acceptors (Lipinski definition) is 10. The van der Waals surface area contributed by atoms with Crippen molar-refractivity contribution in [2.75, 3.05) is 0 Å². The maximum absolute atomic E-state index is 15.3. The summed E-state index contributed by atoms with van der Waals surface area (Å²) in [6.07, 6.45) is 0. The topological polar surface area (TPSA) is 171 Å². The molecule has 0 saturated heterocycles. The Labute approximate surface area is 109 Å². The number of halogens is 2. The number of hydrogen-bond donors (Lipinski definition) is 0. The molecule has 0 aromatic rings. The van der Waals surface area contributed by atoms with E-state index in [9.17, 15) is 47.9 Å². The zero-order valence-corrected chi connectivity index (χ0v) is 14.4. The Morgan fingerprint density at radius 1 is 0.348 bits per heavy atom. The molecule has 0 fully saturated rings. The van der Waals surface area contributed by atoms with Crippen LogP contribution in [0.5, 0.6) is 0 Å². The van der Waals surface area contributed by atoms with Crippen LogP contribution in [0.1, 0.15) is 0 Å². The summed E-state index contributed by atoms with van der Waals surface area (Å²) >= 11 is 0. The van der Waals surface area contributed by atoms with Gasteiger partial charge >= 0.3 is 110 Å². The van der Waals surface area contributed by atoms with Gasteiger partial charge in [0.25, 0.3) is 0 Å². The van der Waals surface area contributed by atoms with Crippen molar-refractivity contribution in [3.05, 3.63) is 0 Å². The van der Waals surface area contributed by atoms with Crippen LogP contribution in [0, 0.1) is 0 Å². The van der Waals surface area contributed by atoms with Gasteiger partial charge in [0.2, 0.25) is 0 Å². The standard InChI is InChI=1S/10CO.2ClH.Re/c10*1-2;;;/h;;;;;;;;;;2*1H;/q;;;;;;;;;;;;+2/p-2. The second kappa shape index (κ2) is 1.16. The minimum atomic E-state index is -15.3. The van der Waals surface area contributed by atoms with Gasteiger partial charge in [-0.05, 0) is 0 Å². The molecule has 0 heterocycles. The molecular weight excluding hydrogens is 537 g/mol. The Bertz CT molecular complexity index is 2770. The monoisotopic (exact) mass is 537 g/mol. The van der Waals surface area contributed by atoms with Crippen molar-refractivity contribution in [2.45, 2.75) is 0 Å². The van der Waals surface area contributed by atoms with Gasteiger partial charge in [-0.2, -0.15) is 0 Å². The first kappa shape index (κ1) is 20.0. The van der Waals surface area contributed by atoms with Gasteiger partial charge in [-0.3, -0.25) is 0 Å². The van der Waals surface area contributed by atoms with E-state index in [-0.39, 0.29) is 0 Å². The fraction of sp³-hybridized carbons (Fsp3) is 0. The van der Waals surface area contributed by atoms with Crippen LogP contribution in [0.4, 0.5) is 0 Å². The van der Waals surface area contributed by atoms with Gasteiger partial charge in [-0.25, -0.2) is 0 Å². The summed E-state index contributed by atoms with van der Waals surface area (Å²) in [5.41, 5.74) is 0. The van der Waals surface area contributed by atoms with E-state index in [2.05, 4.69) is 0 Å². The first-order valence-electron chi connectivity index (χ1n) is 4.22. The van der Waals surface area contributed by atoms with Crippen molar-refractivity contribution in [1.29, 1.82) is 0 Å². The summed E-state index contributed by atoms with van der Waals surface area (Å²) in [7, 11) is 10.2. The van der Waals surface area contributed by atoms with Gasteiger partial charge in [0, 0.05) is 0 Å². The first-order valence-corrected chi connectivity index (χ1v) is 24.5. The molecule has 0 bridgehead atoms. The van der Waals surface area contributed by atoms with E-state index in [1.54, 1.807) is 0 Å².